The van der Waals surface area contributed by atoms with Crippen molar-refractivity contribution in [2.75, 3.05) is 0 Å². The number of aromatic amines is 1. The predicted molar refractivity (Wildman–Crippen MR) is 125 cm³/mol. The number of phenolic OH excluding ortho intramolecular Hbond substituents is 2. The number of nitrogens with zero attached hydrogens (tertiary/aromatic N) is 1. The van der Waals surface area contributed by atoms with Crippen molar-refractivity contribution in [3.63, 3.8) is 0 Å². The Kier molecular flexibility index (Phi) is 8.41. The second-order valence-corrected chi connectivity index (χ2v) is 8.09. The molecule has 1 aromatic heterocycles. The molecule has 0 saturated heterocycles. The van der Waals surface area contributed by atoms with Crippen molar-refractivity contribution < 1.29 is 29.7 Å². The molecule has 0 spiro atoms. The highest BCUT2D eigenvalue weighted by molar-refractivity contribution is 5.92. The summed E-state index contributed by atoms with van der Waals surface area (Å²) in [6.07, 6.45) is 3.04. The van der Waals surface area contributed by atoms with Crippen molar-refractivity contribution in [1.82, 2.24) is 20.6 Å². The average Bonchev–Trinajstić information content (AvgIpc) is 3.34. The van der Waals surface area contributed by atoms with Gasteiger partial charge in [0.15, 0.2) is 0 Å². The zero-order valence-corrected chi connectivity index (χ0v) is 18.7. The van der Waals surface area contributed by atoms with Crippen molar-refractivity contribution in [2.45, 2.75) is 37.4 Å². The first-order valence-corrected chi connectivity index (χ1v) is 10.8. The Hall–Kier alpha value is -4.38. The van der Waals surface area contributed by atoms with Gasteiger partial charge < -0.3 is 36.7 Å². The Morgan fingerprint density at radius 2 is 1.37 bits per heavy atom. The van der Waals surface area contributed by atoms with Gasteiger partial charge >= 0.3 is 5.97 Å². The number of aromatic nitrogens is 2. The summed E-state index contributed by atoms with van der Waals surface area (Å²) in [6.45, 7) is 0. The number of hydrogen-bond acceptors (Lipinski definition) is 7. The monoisotopic (exact) mass is 481 g/mol. The number of carbonyl (C=O) groups excluding carboxylic acids is 2. The van der Waals surface area contributed by atoms with E-state index in [1.54, 1.807) is 24.3 Å². The van der Waals surface area contributed by atoms with E-state index in [1.807, 2.05) is 0 Å². The van der Waals surface area contributed by atoms with Crippen LogP contribution in [0.15, 0.2) is 61.1 Å². The third-order valence-electron chi connectivity index (χ3n) is 5.33. The predicted octanol–water partition coefficient (Wildman–Crippen LogP) is 0.230. The molecule has 0 aliphatic carbocycles. The molecule has 11 heteroatoms. The van der Waals surface area contributed by atoms with E-state index in [-0.39, 0.29) is 30.8 Å². The number of nitrogens with one attached hydrogen (secondary N) is 3. The van der Waals surface area contributed by atoms with Gasteiger partial charge in [0, 0.05) is 24.7 Å². The molecule has 1 heterocycles. The molecule has 0 aliphatic rings. The summed E-state index contributed by atoms with van der Waals surface area (Å²) in [6, 6.07) is 8.94. The van der Waals surface area contributed by atoms with Crippen LogP contribution >= 0.6 is 0 Å². The lowest BCUT2D eigenvalue weighted by atomic mass is 10.0. The van der Waals surface area contributed by atoms with Crippen LogP contribution in [-0.4, -0.2) is 61.2 Å². The third-order valence-corrected chi connectivity index (χ3v) is 5.33. The number of aromatic hydroxyl groups is 2. The maximum atomic E-state index is 13.1. The molecule has 3 aromatic rings. The van der Waals surface area contributed by atoms with Crippen molar-refractivity contribution in [3.05, 3.63) is 77.9 Å². The maximum absolute atomic E-state index is 13.1. The first kappa shape index (κ1) is 25.2. The van der Waals surface area contributed by atoms with Gasteiger partial charge in [0.1, 0.15) is 23.6 Å². The van der Waals surface area contributed by atoms with Gasteiger partial charge in [-0.1, -0.05) is 24.3 Å². The normalized spacial score (nSPS) is 13.4. The lowest BCUT2D eigenvalue weighted by Crippen LogP contribution is -2.55. The molecule has 0 radical (unpaired) electrons. The molecule has 2 aromatic carbocycles. The van der Waals surface area contributed by atoms with Crippen LogP contribution in [0.2, 0.25) is 0 Å². The number of carboxylic acids is 1. The number of benzene rings is 2. The van der Waals surface area contributed by atoms with Crippen molar-refractivity contribution >= 4 is 17.8 Å². The lowest BCUT2D eigenvalue weighted by Gasteiger charge is -2.23. The van der Waals surface area contributed by atoms with Crippen LogP contribution in [0, 0.1) is 0 Å². The Labute approximate surface area is 201 Å². The number of nitrogens with two attached hydrogens (primary N) is 1. The molecule has 0 aliphatic heterocycles. The fourth-order valence-corrected chi connectivity index (χ4v) is 3.42. The van der Waals surface area contributed by atoms with Crippen LogP contribution in [0.1, 0.15) is 16.8 Å². The molecule has 3 atom stereocenters. The van der Waals surface area contributed by atoms with Crippen LogP contribution in [0.3, 0.4) is 0 Å². The molecule has 184 valence electrons. The minimum Gasteiger partial charge on any atom is -0.508 e. The van der Waals surface area contributed by atoms with E-state index >= 15 is 0 Å². The number of carboxylic acid groups (broad SMARTS) is 1. The van der Waals surface area contributed by atoms with Gasteiger partial charge in [-0.2, -0.15) is 0 Å². The fourth-order valence-electron chi connectivity index (χ4n) is 3.42. The smallest absolute Gasteiger partial charge is 0.326 e. The number of carbonyl (C=O) groups is 3. The van der Waals surface area contributed by atoms with Crippen LogP contribution in [-0.2, 0) is 33.6 Å². The topological polar surface area (TPSA) is 191 Å². The fraction of sp³-hybridized carbons (Fsp3) is 0.250. The van der Waals surface area contributed by atoms with Gasteiger partial charge in [-0.25, -0.2) is 9.78 Å². The Bertz CT molecular complexity index is 1130. The highest BCUT2D eigenvalue weighted by atomic mass is 16.4. The van der Waals surface area contributed by atoms with Crippen LogP contribution in [0.4, 0.5) is 0 Å². The molecule has 0 unspecified atom stereocenters. The largest absolute Gasteiger partial charge is 0.508 e. The maximum Gasteiger partial charge on any atom is 0.326 e. The zero-order chi connectivity index (χ0) is 25.4. The second kappa shape index (κ2) is 11.7. The number of aliphatic carboxylic acids is 1. The van der Waals surface area contributed by atoms with Gasteiger partial charge in [-0.15, -0.1) is 0 Å². The summed E-state index contributed by atoms with van der Waals surface area (Å²) in [7, 11) is 0. The van der Waals surface area contributed by atoms with Gasteiger partial charge in [-0.3, -0.25) is 9.59 Å². The summed E-state index contributed by atoms with van der Waals surface area (Å²) in [5.41, 5.74) is 7.92. The van der Waals surface area contributed by atoms with E-state index in [2.05, 4.69) is 20.6 Å². The molecule has 0 bridgehead atoms. The average molecular weight is 482 g/mol. The standard InChI is InChI=1S/C24H27N5O6/c25-19(9-14-1-5-17(30)6-2-14)22(32)28-20(10-15-3-7-18(31)8-4-15)23(33)29-21(24(34)35)11-16-12-26-13-27-16/h1-8,12-13,19-21,30-31H,9-11,25H2,(H,26,27)(H,28,32)(H,29,33)(H,34,35)/t19-,20-,21-/m0/s1. The highest BCUT2D eigenvalue weighted by Gasteiger charge is 2.28. The molecule has 11 nitrogen and oxygen atoms in total. The number of hydrogen-bond donors (Lipinski definition) is 7. The number of amides is 2. The first-order valence-electron chi connectivity index (χ1n) is 10.8. The van der Waals surface area contributed by atoms with Gasteiger partial charge in [0.05, 0.1) is 12.4 Å². The number of phenols is 2. The SMILES string of the molecule is N[C@@H](Cc1ccc(O)cc1)C(=O)N[C@@H](Cc1ccc(O)cc1)C(=O)N[C@@H](Cc1cnc[nH]1)C(=O)O. The Morgan fingerprint density at radius 1 is 0.829 bits per heavy atom. The van der Waals surface area contributed by atoms with E-state index in [1.165, 1.54) is 36.8 Å². The Morgan fingerprint density at radius 3 is 1.89 bits per heavy atom. The lowest BCUT2D eigenvalue weighted by molar-refractivity contribution is -0.142. The first-order chi connectivity index (χ1) is 16.7. The molecular formula is C24H27N5O6. The van der Waals surface area contributed by atoms with Crippen molar-refractivity contribution in [2.24, 2.45) is 5.73 Å². The quantitative estimate of drug-likeness (QED) is 0.202. The number of imidazole rings is 1. The van der Waals surface area contributed by atoms with Gasteiger partial charge in [-0.05, 0) is 41.8 Å². The van der Waals surface area contributed by atoms with Crippen molar-refractivity contribution in [3.8, 4) is 11.5 Å². The number of rotatable bonds is 11. The minimum absolute atomic E-state index is 0.0265. The Balaban J connectivity index is 1.73. The molecule has 35 heavy (non-hydrogen) atoms. The van der Waals surface area contributed by atoms with E-state index in [9.17, 15) is 29.7 Å². The van der Waals surface area contributed by atoms with Crippen LogP contribution in [0.5, 0.6) is 11.5 Å². The molecule has 3 rings (SSSR count). The number of H-pyrrole nitrogens is 1. The summed E-state index contributed by atoms with van der Waals surface area (Å²) < 4.78 is 0. The summed E-state index contributed by atoms with van der Waals surface area (Å²) >= 11 is 0. The van der Waals surface area contributed by atoms with E-state index in [4.69, 9.17) is 5.73 Å². The second-order valence-electron chi connectivity index (χ2n) is 8.09. The van der Waals surface area contributed by atoms with E-state index in [0.717, 1.165) is 5.56 Å². The molecular weight excluding hydrogens is 454 g/mol. The third kappa shape index (κ3) is 7.57. The zero-order valence-electron chi connectivity index (χ0n) is 18.7. The van der Waals surface area contributed by atoms with Crippen LogP contribution in [0.25, 0.3) is 0 Å². The highest BCUT2D eigenvalue weighted by Crippen LogP contribution is 2.13. The summed E-state index contributed by atoms with van der Waals surface area (Å²) in [5, 5.41) is 33.6. The molecule has 0 fully saturated rings. The van der Waals surface area contributed by atoms with Gasteiger partial charge in [0.25, 0.3) is 0 Å². The van der Waals surface area contributed by atoms with Gasteiger partial charge in [0.2, 0.25) is 11.8 Å². The minimum atomic E-state index is -1.26. The molecule has 2 amide bonds. The summed E-state index contributed by atoms with van der Waals surface area (Å²) in [5.74, 6) is -2.42. The van der Waals surface area contributed by atoms with E-state index in [0.29, 0.717) is 11.3 Å². The van der Waals surface area contributed by atoms with Crippen LogP contribution < -0.4 is 16.4 Å². The van der Waals surface area contributed by atoms with Crippen molar-refractivity contribution in [1.29, 1.82) is 0 Å². The van der Waals surface area contributed by atoms with E-state index < -0.39 is 35.9 Å². The molecule has 0 saturated carbocycles. The molecule has 8 N–H and O–H groups in total. The summed E-state index contributed by atoms with van der Waals surface area (Å²) in [4.78, 5) is 44.3.